The molecule has 0 bridgehead atoms. The highest BCUT2D eigenvalue weighted by molar-refractivity contribution is 7.15. The van der Waals surface area contributed by atoms with Crippen LogP contribution in [0.1, 0.15) is 36.5 Å². The number of aromatic nitrogens is 1. The number of nitrogens with one attached hydrogen (secondary N) is 1. The molecule has 0 unspecified atom stereocenters. The van der Waals surface area contributed by atoms with Gasteiger partial charge in [-0.25, -0.2) is 4.98 Å². The van der Waals surface area contributed by atoms with Gasteiger partial charge in [0, 0.05) is 17.0 Å². The number of anilines is 1. The third-order valence-electron chi connectivity index (χ3n) is 4.73. The number of carbonyl (C=O) groups excluding carboxylic acids is 1. The minimum Gasteiger partial charge on any atom is -0.481 e. The van der Waals surface area contributed by atoms with Crippen LogP contribution >= 0.6 is 11.3 Å². The van der Waals surface area contributed by atoms with Crippen LogP contribution in [0.3, 0.4) is 0 Å². The summed E-state index contributed by atoms with van der Waals surface area (Å²) in [7, 11) is 2.07. The third kappa shape index (κ3) is 3.30. The van der Waals surface area contributed by atoms with E-state index >= 15 is 0 Å². The molecule has 1 saturated carbocycles. The summed E-state index contributed by atoms with van der Waals surface area (Å²) in [6.45, 7) is 1.92. The Morgan fingerprint density at radius 3 is 2.64 bits per heavy atom. The molecule has 1 aliphatic heterocycles. The molecular formula is C15H21N3O3S. The Kier molecular flexibility index (Phi) is 4.44. The molecule has 1 aliphatic carbocycles. The minimum atomic E-state index is -0.712. The molecule has 6 nitrogen and oxygen atoms in total. The van der Waals surface area contributed by atoms with Gasteiger partial charge in [-0.2, -0.15) is 0 Å². The fourth-order valence-electron chi connectivity index (χ4n) is 3.06. The van der Waals surface area contributed by atoms with E-state index in [1.807, 2.05) is 0 Å². The van der Waals surface area contributed by atoms with Crippen LogP contribution < -0.4 is 5.32 Å². The first-order chi connectivity index (χ1) is 10.5. The Hall–Kier alpha value is -1.47. The van der Waals surface area contributed by atoms with Crippen LogP contribution in [-0.4, -0.2) is 47.0 Å². The summed E-state index contributed by atoms with van der Waals surface area (Å²) in [5, 5.41) is 12.5. The molecule has 1 aromatic rings. The maximum atomic E-state index is 12.2. The molecule has 3 rings (SSSR count). The molecule has 0 aromatic carbocycles. The lowest BCUT2D eigenvalue weighted by molar-refractivity contribution is -0.145. The second-order valence-corrected chi connectivity index (χ2v) is 7.40. The highest BCUT2D eigenvalue weighted by Gasteiger charge is 2.36. The first-order valence-electron chi connectivity index (χ1n) is 7.71. The molecule has 120 valence electrons. The van der Waals surface area contributed by atoms with Crippen molar-refractivity contribution >= 4 is 28.3 Å². The van der Waals surface area contributed by atoms with Gasteiger partial charge in [0.25, 0.3) is 0 Å². The maximum absolute atomic E-state index is 12.2. The van der Waals surface area contributed by atoms with E-state index in [0.29, 0.717) is 18.0 Å². The number of hydrogen-bond donors (Lipinski definition) is 2. The van der Waals surface area contributed by atoms with Crippen molar-refractivity contribution in [2.24, 2.45) is 11.8 Å². The Balaban J connectivity index is 1.52. The molecule has 0 radical (unpaired) electrons. The smallest absolute Gasteiger partial charge is 0.306 e. The molecule has 2 fully saturated rings. The SMILES string of the molecule is CN1CCC(C(=O)Nc2ncc(C3CC(C(=O)O)C3)s2)CC1. The summed E-state index contributed by atoms with van der Waals surface area (Å²) in [4.78, 5) is 30.7. The highest BCUT2D eigenvalue weighted by Crippen LogP contribution is 2.44. The molecule has 22 heavy (non-hydrogen) atoms. The van der Waals surface area contributed by atoms with E-state index in [1.165, 1.54) is 11.3 Å². The summed E-state index contributed by atoms with van der Waals surface area (Å²) in [6.07, 6.45) is 4.92. The normalized spacial score (nSPS) is 26.4. The Morgan fingerprint density at radius 2 is 2.00 bits per heavy atom. The molecular weight excluding hydrogens is 302 g/mol. The van der Waals surface area contributed by atoms with Crippen molar-refractivity contribution in [2.75, 3.05) is 25.5 Å². The first kappa shape index (κ1) is 15.4. The summed E-state index contributed by atoms with van der Waals surface area (Å²) >= 11 is 1.48. The lowest BCUT2D eigenvalue weighted by Gasteiger charge is -2.31. The second kappa shape index (κ2) is 6.34. The van der Waals surface area contributed by atoms with E-state index < -0.39 is 5.97 Å². The van der Waals surface area contributed by atoms with E-state index in [0.717, 1.165) is 30.8 Å². The first-order valence-corrected chi connectivity index (χ1v) is 8.52. The molecule has 7 heteroatoms. The summed E-state index contributed by atoms with van der Waals surface area (Å²) < 4.78 is 0. The van der Waals surface area contributed by atoms with Crippen LogP contribution in [0.25, 0.3) is 0 Å². The number of rotatable bonds is 4. The Labute approximate surface area is 133 Å². The number of carbonyl (C=O) groups is 2. The summed E-state index contributed by atoms with van der Waals surface area (Å²) in [6, 6.07) is 0. The summed E-state index contributed by atoms with van der Waals surface area (Å²) in [5.41, 5.74) is 0. The van der Waals surface area contributed by atoms with Crippen LogP contribution in [-0.2, 0) is 9.59 Å². The third-order valence-corrected chi connectivity index (χ3v) is 5.81. The number of piperidine rings is 1. The Bertz CT molecular complexity index is 560. The predicted octanol–water partition coefficient (Wildman–Crippen LogP) is 2.00. The zero-order valence-electron chi connectivity index (χ0n) is 12.6. The number of carboxylic acids is 1. The van der Waals surface area contributed by atoms with Gasteiger partial charge in [0.1, 0.15) is 0 Å². The lowest BCUT2D eigenvalue weighted by atomic mass is 9.74. The number of nitrogens with zero attached hydrogens (tertiary/aromatic N) is 2. The lowest BCUT2D eigenvalue weighted by Crippen LogP contribution is -2.35. The van der Waals surface area contributed by atoms with Crippen LogP contribution in [0.4, 0.5) is 5.13 Å². The van der Waals surface area contributed by atoms with E-state index in [1.54, 1.807) is 6.20 Å². The zero-order valence-corrected chi connectivity index (χ0v) is 13.4. The average molecular weight is 323 g/mol. The fourth-order valence-corrected chi connectivity index (χ4v) is 4.01. The van der Waals surface area contributed by atoms with Gasteiger partial charge in [-0.1, -0.05) is 0 Å². The number of hydrogen-bond acceptors (Lipinski definition) is 5. The van der Waals surface area contributed by atoms with Crippen molar-refractivity contribution in [1.29, 1.82) is 0 Å². The number of likely N-dealkylation sites (tertiary alicyclic amines) is 1. The van der Waals surface area contributed by atoms with Crippen molar-refractivity contribution in [2.45, 2.75) is 31.6 Å². The molecule has 1 saturated heterocycles. The van der Waals surface area contributed by atoms with Crippen LogP contribution in [0.15, 0.2) is 6.20 Å². The van der Waals surface area contributed by atoms with Gasteiger partial charge < -0.3 is 15.3 Å². The van der Waals surface area contributed by atoms with Crippen molar-refractivity contribution in [3.05, 3.63) is 11.1 Å². The van der Waals surface area contributed by atoms with Gasteiger partial charge in [0.2, 0.25) is 5.91 Å². The van der Waals surface area contributed by atoms with Crippen molar-refractivity contribution in [3.63, 3.8) is 0 Å². The van der Waals surface area contributed by atoms with Gasteiger partial charge in [-0.15, -0.1) is 11.3 Å². The second-order valence-electron chi connectivity index (χ2n) is 6.34. The van der Waals surface area contributed by atoms with Gasteiger partial charge >= 0.3 is 5.97 Å². The Morgan fingerprint density at radius 1 is 1.32 bits per heavy atom. The average Bonchev–Trinajstić information content (AvgIpc) is 2.85. The van der Waals surface area contributed by atoms with Crippen molar-refractivity contribution < 1.29 is 14.7 Å². The van der Waals surface area contributed by atoms with E-state index in [9.17, 15) is 9.59 Å². The fraction of sp³-hybridized carbons (Fsp3) is 0.667. The van der Waals surface area contributed by atoms with E-state index in [2.05, 4.69) is 22.2 Å². The van der Waals surface area contributed by atoms with Crippen LogP contribution in [0.2, 0.25) is 0 Å². The standard InChI is InChI=1S/C15H21N3O3S/c1-18-4-2-9(3-5-18)13(19)17-15-16-8-12(22-15)10-6-11(7-10)14(20)21/h8-11H,2-7H2,1H3,(H,20,21)(H,16,17,19). The molecule has 1 aromatic heterocycles. The molecule has 2 aliphatic rings. The van der Waals surface area contributed by atoms with Crippen LogP contribution in [0.5, 0.6) is 0 Å². The summed E-state index contributed by atoms with van der Waals surface area (Å²) in [5.74, 6) is -0.511. The molecule has 2 N–H and O–H groups in total. The zero-order chi connectivity index (χ0) is 15.7. The number of carboxylic acid groups (broad SMARTS) is 1. The van der Waals surface area contributed by atoms with Gasteiger partial charge in [0.05, 0.1) is 5.92 Å². The largest absolute Gasteiger partial charge is 0.481 e. The monoisotopic (exact) mass is 323 g/mol. The molecule has 1 amide bonds. The maximum Gasteiger partial charge on any atom is 0.306 e. The van der Waals surface area contributed by atoms with Gasteiger partial charge in [-0.05, 0) is 51.7 Å². The quantitative estimate of drug-likeness (QED) is 0.885. The van der Waals surface area contributed by atoms with E-state index in [4.69, 9.17) is 5.11 Å². The predicted molar refractivity (Wildman–Crippen MR) is 84.1 cm³/mol. The number of aliphatic carboxylic acids is 1. The van der Waals surface area contributed by atoms with Gasteiger partial charge in [-0.3, -0.25) is 9.59 Å². The molecule has 2 heterocycles. The van der Waals surface area contributed by atoms with Gasteiger partial charge in [0.15, 0.2) is 5.13 Å². The van der Waals surface area contributed by atoms with E-state index in [-0.39, 0.29) is 23.7 Å². The number of thiazole rings is 1. The van der Waals surface area contributed by atoms with Crippen molar-refractivity contribution in [1.82, 2.24) is 9.88 Å². The minimum absolute atomic E-state index is 0.0611. The highest BCUT2D eigenvalue weighted by atomic mass is 32.1. The topological polar surface area (TPSA) is 82.5 Å². The van der Waals surface area contributed by atoms with Crippen molar-refractivity contribution in [3.8, 4) is 0 Å². The van der Waals surface area contributed by atoms with Crippen LogP contribution in [0, 0.1) is 11.8 Å². The number of amides is 1. The molecule has 0 spiro atoms. The molecule has 0 atom stereocenters.